The van der Waals surface area contributed by atoms with Crippen LogP contribution >= 0.6 is 0 Å². The standard InChI is InChI=1S/C7H15NO/c1-7(2)8-3-5-9-6-4-8/h7H,3-6H2,1-2H3/i3D2,4D2. The van der Waals surface area contributed by atoms with Gasteiger partial charge in [-0.25, -0.2) is 0 Å². The lowest BCUT2D eigenvalue weighted by molar-refractivity contribution is 0.0238. The second kappa shape index (κ2) is 3.18. The lowest BCUT2D eigenvalue weighted by Gasteiger charge is -2.29. The number of rotatable bonds is 1. The van der Waals surface area contributed by atoms with E-state index in [1.165, 1.54) is 4.90 Å². The molecule has 2 nitrogen and oxygen atoms in total. The number of morpholine rings is 1. The van der Waals surface area contributed by atoms with Crippen molar-refractivity contribution in [2.24, 2.45) is 0 Å². The molecule has 0 bridgehead atoms. The van der Waals surface area contributed by atoms with Gasteiger partial charge in [-0.2, -0.15) is 0 Å². The molecule has 0 amide bonds. The largest absolute Gasteiger partial charge is 0.379 e. The smallest absolute Gasteiger partial charge is 0.0594 e. The quantitative estimate of drug-likeness (QED) is 0.523. The van der Waals surface area contributed by atoms with Gasteiger partial charge in [-0.05, 0) is 13.8 Å². The molecule has 54 valence electrons. The molecule has 1 fully saturated rings. The van der Waals surface area contributed by atoms with E-state index >= 15 is 0 Å². The summed E-state index contributed by atoms with van der Waals surface area (Å²) in [6.45, 7) is 0.00315. The first-order valence-electron chi connectivity index (χ1n) is 5.14. The van der Waals surface area contributed by atoms with E-state index in [1.807, 2.05) is 0 Å². The zero-order chi connectivity index (χ0) is 10.3. The number of ether oxygens (including phenoxy) is 1. The first kappa shape index (κ1) is 3.35. The van der Waals surface area contributed by atoms with Crippen LogP contribution in [0.25, 0.3) is 0 Å². The van der Waals surface area contributed by atoms with E-state index < -0.39 is 13.0 Å². The van der Waals surface area contributed by atoms with Crippen LogP contribution in [0.15, 0.2) is 0 Å². The maximum atomic E-state index is 7.60. The van der Waals surface area contributed by atoms with E-state index in [0.29, 0.717) is 0 Å². The van der Waals surface area contributed by atoms with Gasteiger partial charge in [-0.15, -0.1) is 0 Å². The summed E-state index contributed by atoms with van der Waals surface area (Å²) >= 11 is 0. The average molecular weight is 133 g/mol. The fourth-order valence-electron chi connectivity index (χ4n) is 0.702. The van der Waals surface area contributed by atoms with Crippen LogP contribution in [0.5, 0.6) is 0 Å². The van der Waals surface area contributed by atoms with Crippen LogP contribution in [0, 0.1) is 0 Å². The third kappa shape index (κ3) is 1.95. The van der Waals surface area contributed by atoms with E-state index in [4.69, 9.17) is 10.2 Å². The van der Waals surface area contributed by atoms with Crippen LogP contribution in [0.4, 0.5) is 0 Å². The third-order valence-corrected chi connectivity index (χ3v) is 1.19. The lowest BCUT2D eigenvalue weighted by Crippen LogP contribution is -2.40. The molecule has 0 aromatic carbocycles. The van der Waals surface area contributed by atoms with Crippen molar-refractivity contribution < 1.29 is 10.2 Å². The minimum atomic E-state index is -1.71. The Morgan fingerprint density at radius 3 is 2.33 bits per heavy atom. The molecule has 0 unspecified atom stereocenters. The molecule has 1 saturated heterocycles. The Kier molecular flexibility index (Phi) is 1.18. The van der Waals surface area contributed by atoms with Gasteiger partial charge in [0.25, 0.3) is 0 Å². The maximum absolute atomic E-state index is 7.60. The first-order chi connectivity index (χ1) is 5.77. The molecule has 1 rings (SSSR count). The summed E-state index contributed by atoms with van der Waals surface area (Å²) in [7, 11) is 0. The zero-order valence-electron chi connectivity index (χ0n) is 9.85. The molecule has 0 atom stereocenters. The van der Waals surface area contributed by atoms with Gasteiger partial charge < -0.3 is 4.74 Å². The van der Waals surface area contributed by atoms with E-state index in [9.17, 15) is 0 Å². The highest BCUT2D eigenvalue weighted by Crippen LogP contribution is 2.01. The van der Waals surface area contributed by atoms with E-state index in [0.717, 1.165) is 0 Å². The molecular formula is C7H15NO. The monoisotopic (exact) mass is 133 g/mol. The molecule has 0 radical (unpaired) electrons. The SMILES string of the molecule is [2H]C1([2H])COCC([2H])([2H])N1C(C)C. The maximum Gasteiger partial charge on any atom is 0.0594 e. The van der Waals surface area contributed by atoms with Crippen molar-refractivity contribution in [1.29, 1.82) is 0 Å². The Balaban J connectivity index is 2.91. The summed E-state index contributed by atoms with van der Waals surface area (Å²) in [5.74, 6) is 0. The van der Waals surface area contributed by atoms with Crippen LogP contribution in [0.2, 0.25) is 0 Å². The molecule has 1 aliphatic rings. The molecular weight excluding hydrogens is 114 g/mol. The predicted octanol–water partition coefficient (Wildman–Crippen LogP) is 0.727. The van der Waals surface area contributed by atoms with Crippen LogP contribution in [0.1, 0.15) is 19.3 Å². The van der Waals surface area contributed by atoms with Gasteiger partial charge in [0.15, 0.2) is 0 Å². The molecule has 2 heteroatoms. The Morgan fingerprint density at radius 1 is 1.44 bits per heavy atom. The minimum absolute atomic E-state index is 0.0648. The summed E-state index contributed by atoms with van der Waals surface area (Å²) in [6, 6.07) is -0.172. The van der Waals surface area contributed by atoms with Crippen molar-refractivity contribution in [3.05, 3.63) is 0 Å². The van der Waals surface area contributed by atoms with E-state index in [-0.39, 0.29) is 19.3 Å². The van der Waals surface area contributed by atoms with Gasteiger partial charge in [0.2, 0.25) is 0 Å². The Hall–Kier alpha value is -0.0800. The highest BCUT2D eigenvalue weighted by atomic mass is 16.5. The molecule has 0 saturated carbocycles. The molecule has 0 spiro atoms. The summed E-state index contributed by atoms with van der Waals surface area (Å²) < 4.78 is 35.3. The van der Waals surface area contributed by atoms with Crippen LogP contribution in [0.3, 0.4) is 0 Å². The van der Waals surface area contributed by atoms with Gasteiger partial charge in [0, 0.05) is 24.5 Å². The highest BCUT2D eigenvalue weighted by molar-refractivity contribution is 4.64. The second-order valence-electron chi connectivity index (χ2n) is 2.27. The van der Waals surface area contributed by atoms with Crippen LogP contribution in [-0.4, -0.2) is 37.1 Å². The molecule has 0 aromatic heterocycles. The summed E-state index contributed by atoms with van der Waals surface area (Å²) in [6.07, 6.45) is 0. The van der Waals surface area contributed by atoms with E-state index in [1.54, 1.807) is 13.8 Å². The Bertz CT molecular complexity index is 179. The van der Waals surface area contributed by atoms with E-state index in [2.05, 4.69) is 0 Å². The van der Waals surface area contributed by atoms with Gasteiger partial charge in [0.05, 0.1) is 13.2 Å². The van der Waals surface area contributed by atoms with Crippen molar-refractivity contribution in [2.45, 2.75) is 19.9 Å². The fourth-order valence-corrected chi connectivity index (χ4v) is 0.702. The van der Waals surface area contributed by atoms with Crippen molar-refractivity contribution in [3.8, 4) is 0 Å². The average Bonchev–Trinajstić information content (AvgIpc) is 1.79. The Morgan fingerprint density at radius 2 is 2.00 bits per heavy atom. The normalized spacial score (nSPS) is 40.8. The predicted molar refractivity (Wildman–Crippen MR) is 37.5 cm³/mol. The summed E-state index contributed by atoms with van der Waals surface area (Å²) in [5.41, 5.74) is 0. The second-order valence-corrected chi connectivity index (χ2v) is 2.27. The molecule has 9 heavy (non-hydrogen) atoms. The third-order valence-electron chi connectivity index (χ3n) is 1.19. The molecule has 1 aliphatic heterocycles. The number of hydrogen-bond acceptors (Lipinski definition) is 2. The van der Waals surface area contributed by atoms with Gasteiger partial charge >= 0.3 is 0 Å². The van der Waals surface area contributed by atoms with Gasteiger partial charge in [-0.1, -0.05) is 0 Å². The molecule has 0 aromatic rings. The highest BCUT2D eigenvalue weighted by Gasteiger charge is 2.11. The van der Waals surface area contributed by atoms with Crippen molar-refractivity contribution in [2.75, 3.05) is 26.2 Å². The Labute approximate surface area is 62.4 Å². The van der Waals surface area contributed by atoms with Crippen molar-refractivity contribution in [1.82, 2.24) is 4.90 Å². The first-order valence-corrected chi connectivity index (χ1v) is 3.14. The molecule has 0 aliphatic carbocycles. The summed E-state index contributed by atoms with van der Waals surface area (Å²) in [5, 5.41) is 0. The van der Waals surface area contributed by atoms with Crippen molar-refractivity contribution in [3.63, 3.8) is 0 Å². The zero-order valence-corrected chi connectivity index (χ0v) is 5.85. The van der Waals surface area contributed by atoms with Crippen LogP contribution in [-0.2, 0) is 4.74 Å². The summed E-state index contributed by atoms with van der Waals surface area (Å²) in [4.78, 5) is 1.23. The number of nitrogens with zero attached hydrogens (tertiary/aromatic N) is 1. The topological polar surface area (TPSA) is 12.5 Å². The minimum Gasteiger partial charge on any atom is -0.379 e. The molecule has 1 heterocycles. The van der Waals surface area contributed by atoms with Gasteiger partial charge in [0.1, 0.15) is 0 Å². The van der Waals surface area contributed by atoms with Gasteiger partial charge in [-0.3, -0.25) is 4.90 Å². The van der Waals surface area contributed by atoms with Crippen LogP contribution < -0.4 is 0 Å². The fraction of sp³-hybridized carbons (Fsp3) is 1.00. The molecule has 0 N–H and O–H groups in total. The number of hydrogen-bond donors (Lipinski definition) is 0. The van der Waals surface area contributed by atoms with Crippen molar-refractivity contribution >= 4 is 0 Å². The lowest BCUT2D eigenvalue weighted by atomic mass is 10.3.